The van der Waals surface area contributed by atoms with Gasteiger partial charge in [-0.1, -0.05) is 17.9 Å². The number of hydrogen-bond donors (Lipinski definition) is 2. The summed E-state index contributed by atoms with van der Waals surface area (Å²) in [7, 11) is 1.73. The third-order valence-electron chi connectivity index (χ3n) is 3.62. The molecule has 0 amide bonds. The molecular weight excluding hydrogens is 222 g/mol. The van der Waals surface area contributed by atoms with Gasteiger partial charge < -0.3 is 10.4 Å². The molecule has 0 spiro atoms. The second kappa shape index (κ2) is 4.31. The quantitative estimate of drug-likeness (QED) is 0.804. The van der Waals surface area contributed by atoms with Crippen LogP contribution in [0.25, 0.3) is 0 Å². The SMILES string of the molecule is Cn1nnnc1NC1CCCCC1(C)C(=O)O. The first-order valence-corrected chi connectivity index (χ1v) is 5.76. The maximum atomic E-state index is 11.4. The molecule has 1 aromatic rings. The molecular formula is C10H17N5O2. The summed E-state index contributed by atoms with van der Waals surface area (Å²) in [5.74, 6) is -0.241. The highest BCUT2D eigenvalue weighted by atomic mass is 16.4. The van der Waals surface area contributed by atoms with Crippen LogP contribution in [0.5, 0.6) is 0 Å². The van der Waals surface area contributed by atoms with Crippen LogP contribution in [0.4, 0.5) is 5.95 Å². The Labute approximate surface area is 99.2 Å². The molecule has 0 bridgehead atoms. The molecule has 7 nitrogen and oxygen atoms in total. The van der Waals surface area contributed by atoms with E-state index >= 15 is 0 Å². The molecule has 1 heterocycles. The van der Waals surface area contributed by atoms with Gasteiger partial charge in [-0.2, -0.15) is 0 Å². The van der Waals surface area contributed by atoms with Crippen LogP contribution < -0.4 is 5.32 Å². The highest BCUT2D eigenvalue weighted by Gasteiger charge is 2.43. The van der Waals surface area contributed by atoms with Crippen molar-refractivity contribution >= 4 is 11.9 Å². The van der Waals surface area contributed by atoms with Crippen LogP contribution in [-0.2, 0) is 11.8 Å². The number of anilines is 1. The van der Waals surface area contributed by atoms with Gasteiger partial charge in [-0.15, -0.1) is 0 Å². The molecule has 94 valence electrons. The number of carboxylic acids is 1. The molecule has 1 aliphatic carbocycles. The smallest absolute Gasteiger partial charge is 0.311 e. The molecule has 2 rings (SSSR count). The van der Waals surface area contributed by atoms with Crippen molar-refractivity contribution in [3.8, 4) is 0 Å². The zero-order valence-electron chi connectivity index (χ0n) is 10.1. The molecule has 2 N–H and O–H groups in total. The van der Waals surface area contributed by atoms with Crippen LogP contribution in [0.3, 0.4) is 0 Å². The summed E-state index contributed by atoms with van der Waals surface area (Å²) in [6.07, 6.45) is 3.50. The van der Waals surface area contributed by atoms with E-state index in [4.69, 9.17) is 0 Å². The first kappa shape index (κ1) is 11.8. The second-order valence-corrected chi connectivity index (χ2v) is 4.79. The number of aliphatic carboxylic acids is 1. The molecule has 1 fully saturated rings. The molecule has 1 saturated carbocycles. The van der Waals surface area contributed by atoms with Crippen LogP contribution >= 0.6 is 0 Å². The average molecular weight is 239 g/mol. The van der Waals surface area contributed by atoms with Gasteiger partial charge >= 0.3 is 5.97 Å². The van der Waals surface area contributed by atoms with Gasteiger partial charge in [0.05, 0.1) is 5.41 Å². The predicted octanol–water partition coefficient (Wildman–Crippen LogP) is 0.655. The van der Waals surface area contributed by atoms with Crippen molar-refractivity contribution in [2.24, 2.45) is 12.5 Å². The van der Waals surface area contributed by atoms with Crippen LogP contribution in [-0.4, -0.2) is 37.3 Å². The fourth-order valence-electron chi connectivity index (χ4n) is 2.33. The number of rotatable bonds is 3. The number of nitrogens with zero attached hydrogens (tertiary/aromatic N) is 4. The Morgan fingerprint density at radius 2 is 2.35 bits per heavy atom. The highest BCUT2D eigenvalue weighted by molar-refractivity contribution is 5.76. The van der Waals surface area contributed by atoms with E-state index in [-0.39, 0.29) is 6.04 Å². The highest BCUT2D eigenvalue weighted by Crippen LogP contribution is 2.37. The number of nitrogens with one attached hydrogen (secondary N) is 1. The zero-order valence-corrected chi connectivity index (χ0v) is 10.1. The number of aryl methyl sites for hydroxylation is 1. The summed E-state index contributed by atoms with van der Waals surface area (Å²) in [6.45, 7) is 1.79. The minimum atomic E-state index is -0.759. The Hall–Kier alpha value is -1.66. The van der Waals surface area contributed by atoms with Gasteiger partial charge in [0.1, 0.15) is 0 Å². The predicted molar refractivity (Wildman–Crippen MR) is 60.4 cm³/mol. The summed E-state index contributed by atoms with van der Waals surface area (Å²) >= 11 is 0. The minimum absolute atomic E-state index is 0.126. The Bertz CT molecular complexity index is 419. The molecule has 17 heavy (non-hydrogen) atoms. The largest absolute Gasteiger partial charge is 0.481 e. The molecule has 0 aromatic carbocycles. The van der Waals surface area contributed by atoms with Crippen molar-refractivity contribution in [3.63, 3.8) is 0 Å². The summed E-state index contributed by atoms with van der Waals surface area (Å²) in [6, 6.07) is -0.126. The summed E-state index contributed by atoms with van der Waals surface area (Å²) in [5, 5.41) is 23.6. The molecule has 1 aliphatic rings. The first-order valence-electron chi connectivity index (χ1n) is 5.76. The topological polar surface area (TPSA) is 92.9 Å². The lowest BCUT2D eigenvalue weighted by molar-refractivity contribution is -0.150. The van der Waals surface area contributed by atoms with E-state index in [0.717, 1.165) is 19.3 Å². The number of carbonyl (C=O) groups is 1. The standard InChI is InChI=1S/C10H17N5O2/c1-10(8(16)17)6-4-3-5-7(10)11-9-12-13-14-15(9)2/h7H,3-6H2,1-2H3,(H,16,17)(H,11,12,14). The Balaban J connectivity index is 2.18. The number of hydrogen-bond acceptors (Lipinski definition) is 5. The van der Waals surface area contributed by atoms with Gasteiger partial charge in [0, 0.05) is 13.1 Å². The normalized spacial score (nSPS) is 28.9. The van der Waals surface area contributed by atoms with Gasteiger partial charge in [0.2, 0.25) is 5.95 Å². The lowest BCUT2D eigenvalue weighted by atomic mass is 9.72. The van der Waals surface area contributed by atoms with Crippen molar-refractivity contribution in [2.75, 3.05) is 5.32 Å². The number of carboxylic acid groups (broad SMARTS) is 1. The molecule has 0 saturated heterocycles. The summed E-state index contributed by atoms with van der Waals surface area (Å²) in [4.78, 5) is 11.4. The van der Waals surface area contributed by atoms with Gasteiger partial charge in [0.25, 0.3) is 0 Å². The van der Waals surface area contributed by atoms with E-state index in [9.17, 15) is 9.90 Å². The first-order chi connectivity index (χ1) is 8.04. The van der Waals surface area contributed by atoms with E-state index in [0.29, 0.717) is 12.4 Å². The number of tetrazole rings is 1. The van der Waals surface area contributed by atoms with Crippen LogP contribution in [0, 0.1) is 5.41 Å². The summed E-state index contributed by atoms with van der Waals surface area (Å²) in [5.41, 5.74) is -0.746. The zero-order chi connectivity index (χ0) is 12.5. The van der Waals surface area contributed by atoms with E-state index in [1.54, 1.807) is 14.0 Å². The van der Waals surface area contributed by atoms with Gasteiger partial charge in [-0.05, 0) is 30.2 Å². The molecule has 2 atom stereocenters. The summed E-state index contributed by atoms with van der Waals surface area (Å²) < 4.78 is 1.51. The van der Waals surface area contributed by atoms with E-state index in [2.05, 4.69) is 20.8 Å². The van der Waals surface area contributed by atoms with Crippen molar-refractivity contribution < 1.29 is 9.90 Å². The van der Waals surface area contributed by atoms with Gasteiger partial charge in [0.15, 0.2) is 0 Å². The molecule has 1 aromatic heterocycles. The van der Waals surface area contributed by atoms with Gasteiger partial charge in [-0.25, -0.2) is 4.68 Å². The van der Waals surface area contributed by atoms with E-state index in [1.807, 2.05) is 0 Å². The monoisotopic (exact) mass is 239 g/mol. The van der Waals surface area contributed by atoms with Crippen LogP contribution in [0.1, 0.15) is 32.6 Å². The Kier molecular flexibility index (Phi) is 2.99. The second-order valence-electron chi connectivity index (χ2n) is 4.79. The van der Waals surface area contributed by atoms with Crippen LogP contribution in [0.15, 0.2) is 0 Å². The Morgan fingerprint density at radius 1 is 1.59 bits per heavy atom. The van der Waals surface area contributed by atoms with Crippen LogP contribution in [0.2, 0.25) is 0 Å². The third kappa shape index (κ3) is 2.09. The lowest BCUT2D eigenvalue weighted by Crippen LogP contribution is -2.47. The van der Waals surface area contributed by atoms with E-state index < -0.39 is 11.4 Å². The molecule has 2 unspecified atom stereocenters. The van der Waals surface area contributed by atoms with Crippen molar-refractivity contribution in [1.82, 2.24) is 20.2 Å². The number of aromatic nitrogens is 4. The van der Waals surface area contributed by atoms with Gasteiger partial charge in [-0.3, -0.25) is 4.79 Å². The maximum Gasteiger partial charge on any atom is 0.311 e. The average Bonchev–Trinajstić information content (AvgIpc) is 2.68. The Morgan fingerprint density at radius 3 is 2.94 bits per heavy atom. The maximum absolute atomic E-state index is 11.4. The third-order valence-corrected chi connectivity index (χ3v) is 3.62. The minimum Gasteiger partial charge on any atom is -0.481 e. The molecule has 0 radical (unpaired) electrons. The van der Waals surface area contributed by atoms with Crippen molar-refractivity contribution in [2.45, 2.75) is 38.6 Å². The lowest BCUT2D eigenvalue weighted by Gasteiger charge is -2.38. The fraction of sp³-hybridized carbons (Fsp3) is 0.800. The van der Waals surface area contributed by atoms with Crippen molar-refractivity contribution in [3.05, 3.63) is 0 Å². The molecule has 7 heteroatoms. The van der Waals surface area contributed by atoms with E-state index in [1.165, 1.54) is 4.68 Å². The van der Waals surface area contributed by atoms with Crippen molar-refractivity contribution in [1.29, 1.82) is 0 Å². The fourth-order valence-corrected chi connectivity index (χ4v) is 2.33. The molecule has 0 aliphatic heterocycles.